The molecule has 0 aromatic carbocycles. The third-order valence-electron chi connectivity index (χ3n) is 0.713. The molecule has 2 nitrogen and oxygen atoms in total. The third kappa shape index (κ3) is 5.04. The Labute approximate surface area is 55.8 Å². The monoisotopic (exact) mass is 121 g/mol. The highest BCUT2D eigenvalue weighted by Gasteiger charge is 1.86. The molecule has 0 spiro atoms. The van der Waals surface area contributed by atoms with Crippen molar-refractivity contribution >= 4 is 14.1 Å². The van der Waals surface area contributed by atoms with Crippen LogP contribution in [-0.2, 0) is 4.79 Å². The van der Waals surface area contributed by atoms with Crippen molar-refractivity contribution in [2.75, 3.05) is 0 Å². The molecule has 0 heterocycles. The van der Waals surface area contributed by atoms with Crippen LogP contribution >= 0.6 is 0 Å². The Morgan fingerprint density at radius 2 is 2.11 bits per heavy atom. The minimum atomic E-state index is -0.513. The molecule has 0 aromatic heterocycles. The summed E-state index contributed by atoms with van der Waals surface area (Å²) in [5, 5.41) is 0. The first-order valence-electron chi connectivity index (χ1n) is 2.57. The van der Waals surface area contributed by atoms with Gasteiger partial charge in [-0.1, -0.05) is 18.2 Å². The van der Waals surface area contributed by atoms with Crippen molar-refractivity contribution in [3.05, 3.63) is 24.2 Å². The first kappa shape index (κ1) is 8.17. The molecule has 0 saturated carbocycles. The number of nitrogens with two attached hydrogens (primary N) is 1. The van der Waals surface area contributed by atoms with E-state index in [2.05, 4.69) is 0 Å². The molecular weight excluding hydrogens is 113 g/mol. The highest BCUT2D eigenvalue weighted by molar-refractivity contribution is 6.17. The maximum atomic E-state index is 9.87. The van der Waals surface area contributed by atoms with E-state index in [4.69, 9.17) is 13.6 Å². The van der Waals surface area contributed by atoms with Gasteiger partial charge in [-0.05, 0) is 0 Å². The highest BCUT2D eigenvalue weighted by Crippen LogP contribution is 1.77. The molecule has 0 rings (SSSR count). The number of hydrogen-bond acceptors (Lipinski definition) is 2. The molecule has 0 aromatic rings. The molecule has 0 bridgehead atoms. The fourth-order valence-corrected chi connectivity index (χ4v) is 0.302. The van der Waals surface area contributed by atoms with Crippen LogP contribution in [0.2, 0.25) is 0 Å². The Morgan fingerprint density at radius 3 is 2.56 bits per heavy atom. The summed E-state index contributed by atoms with van der Waals surface area (Å²) < 4.78 is 0. The molecule has 2 radical (unpaired) electrons. The number of carbonyl (C=O) groups excluding carboxylic acids is 1. The van der Waals surface area contributed by atoms with Crippen molar-refractivity contribution in [2.45, 2.75) is 6.04 Å². The lowest BCUT2D eigenvalue weighted by Gasteiger charge is -1.88. The topological polar surface area (TPSA) is 43.1 Å². The molecule has 0 fully saturated rings. The predicted octanol–water partition coefficient (Wildman–Crippen LogP) is -0.249. The second-order valence-electron chi connectivity index (χ2n) is 1.48. The molecule has 0 amide bonds. The molecule has 9 heavy (non-hydrogen) atoms. The molecule has 0 aliphatic carbocycles. The normalized spacial score (nSPS) is 14.8. The molecule has 2 N–H and O–H groups in total. The standard InChI is InChI=1S/C6H8BNO/c7-4-2-1-3-6(8)5-9/h1-6H,8H2/b3-1-,4-2+. The van der Waals surface area contributed by atoms with Crippen LogP contribution < -0.4 is 5.73 Å². The number of allylic oxidation sites excluding steroid dienone is 2. The SMILES string of the molecule is [B]/C=C/C=C\C(N)C=O. The van der Waals surface area contributed by atoms with Gasteiger partial charge in [-0.3, -0.25) is 0 Å². The molecule has 1 atom stereocenters. The average Bonchev–Trinajstić information content (AvgIpc) is 1.89. The Hall–Kier alpha value is -0.825. The number of rotatable bonds is 3. The van der Waals surface area contributed by atoms with E-state index in [1.165, 1.54) is 5.98 Å². The molecule has 0 saturated heterocycles. The van der Waals surface area contributed by atoms with Crippen LogP contribution in [0.1, 0.15) is 0 Å². The molecule has 3 heteroatoms. The van der Waals surface area contributed by atoms with Crippen LogP contribution in [0, 0.1) is 0 Å². The van der Waals surface area contributed by atoms with Gasteiger partial charge in [-0.25, -0.2) is 0 Å². The summed E-state index contributed by atoms with van der Waals surface area (Å²) >= 11 is 0. The van der Waals surface area contributed by atoms with E-state index >= 15 is 0 Å². The summed E-state index contributed by atoms with van der Waals surface area (Å²) in [7, 11) is 5.00. The quantitative estimate of drug-likeness (QED) is 0.318. The van der Waals surface area contributed by atoms with Crippen molar-refractivity contribution in [2.24, 2.45) is 5.73 Å². The van der Waals surface area contributed by atoms with Crippen molar-refractivity contribution in [3.8, 4) is 0 Å². The van der Waals surface area contributed by atoms with Crippen molar-refractivity contribution in [1.82, 2.24) is 0 Å². The average molecular weight is 121 g/mol. The maximum Gasteiger partial charge on any atom is 0.140 e. The van der Waals surface area contributed by atoms with Gasteiger partial charge in [-0.2, -0.15) is 0 Å². The summed E-state index contributed by atoms with van der Waals surface area (Å²) in [6.07, 6.45) is 5.43. The third-order valence-corrected chi connectivity index (χ3v) is 0.713. The van der Waals surface area contributed by atoms with Gasteiger partial charge in [0.15, 0.2) is 0 Å². The van der Waals surface area contributed by atoms with Crippen LogP contribution in [0.15, 0.2) is 24.2 Å². The Kier molecular flexibility index (Phi) is 4.83. The second-order valence-corrected chi connectivity index (χ2v) is 1.48. The van der Waals surface area contributed by atoms with Crippen LogP contribution in [0.5, 0.6) is 0 Å². The van der Waals surface area contributed by atoms with E-state index in [1.54, 1.807) is 18.2 Å². The zero-order chi connectivity index (χ0) is 7.11. The van der Waals surface area contributed by atoms with Gasteiger partial charge in [0.05, 0.1) is 6.04 Å². The van der Waals surface area contributed by atoms with Crippen molar-refractivity contribution in [1.29, 1.82) is 0 Å². The number of aldehydes is 1. The molecule has 0 aliphatic rings. The molecular formula is C6H8BNO. The Balaban J connectivity index is 3.55. The molecule has 0 aliphatic heterocycles. The lowest BCUT2D eigenvalue weighted by molar-refractivity contribution is -0.108. The van der Waals surface area contributed by atoms with Crippen LogP contribution in [-0.4, -0.2) is 20.2 Å². The van der Waals surface area contributed by atoms with Gasteiger partial charge in [0.25, 0.3) is 0 Å². The van der Waals surface area contributed by atoms with Gasteiger partial charge >= 0.3 is 0 Å². The lowest BCUT2D eigenvalue weighted by Crippen LogP contribution is -2.17. The lowest BCUT2D eigenvalue weighted by atomic mass is 10.1. The largest absolute Gasteiger partial charge is 0.319 e. The fraction of sp³-hybridized carbons (Fsp3) is 0.167. The number of hydrogen-bond donors (Lipinski definition) is 1. The van der Waals surface area contributed by atoms with E-state index in [9.17, 15) is 4.79 Å². The summed E-state index contributed by atoms with van der Waals surface area (Å²) in [5.41, 5.74) is 5.18. The summed E-state index contributed by atoms with van der Waals surface area (Å²) in [4.78, 5) is 9.87. The number of carbonyl (C=O) groups is 1. The van der Waals surface area contributed by atoms with Crippen molar-refractivity contribution in [3.63, 3.8) is 0 Å². The van der Waals surface area contributed by atoms with Crippen molar-refractivity contribution < 1.29 is 4.79 Å². The van der Waals surface area contributed by atoms with Crippen LogP contribution in [0.3, 0.4) is 0 Å². The van der Waals surface area contributed by atoms with Gasteiger partial charge in [0, 0.05) is 0 Å². The fourth-order valence-electron chi connectivity index (χ4n) is 0.302. The second kappa shape index (κ2) is 5.31. The zero-order valence-corrected chi connectivity index (χ0v) is 5.03. The van der Waals surface area contributed by atoms with E-state index in [1.807, 2.05) is 0 Å². The zero-order valence-electron chi connectivity index (χ0n) is 5.03. The minimum Gasteiger partial charge on any atom is -0.319 e. The van der Waals surface area contributed by atoms with Crippen LogP contribution in [0.4, 0.5) is 0 Å². The minimum absolute atomic E-state index is 0.513. The van der Waals surface area contributed by atoms with Gasteiger partial charge in [-0.15, -0.1) is 5.98 Å². The first-order chi connectivity index (χ1) is 4.31. The Morgan fingerprint density at radius 1 is 1.44 bits per heavy atom. The summed E-state index contributed by atoms with van der Waals surface area (Å²) in [6, 6.07) is -0.513. The Bertz CT molecular complexity index is 131. The molecule has 46 valence electrons. The summed E-state index contributed by atoms with van der Waals surface area (Å²) in [5.74, 6) is 1.37. The van der Waals surface area contributed by atoms with E-state index in [-0.39, 0.29) is 0 Å². The highest BCUT2D eigenvalue weighted by atomic mass is 16.1. The molecule has 1 unspecified atom stereocenters. The summed E-state index contributed by atoms with van der Waals surface area (Å²) in [6.45, 7) is 0. The van der Waals surface area contributed by atoms with E-state index in [0.29, 0.717) is 6.29 Å². The van der Waals surface area contributed by atoms with E-state index < -0.39 is 6.04 Å². The van der Waals surface area contributed by atoms with Crippen LogP contribution in [0.25, 0.3) is 0 Å². The van der Waals surface area contributed by atoms with Gasteiger partial charge in [0.2, 0.25) is 0 Å². The first-order valence-corrected chi connectivity index (χ1v) is 2.57. The van der Waals surface area contributed by atoms with Gasteiger partial charge in [0.1, 0.15) is 14.1 Å². The van der Waals surface area contributed by atoms with E-state index in [0.717, 1.165) is 0 Å². The smallest absolute Gasteiger partial charge is 0.140 e. The predicted molar refractivity (Wildman–Crippen MR) is 38.1 cm³/mol. The van der Waals surface area contributed by atoms with Gasteiger partial charge < -0.3 is 10.5 Å². The maximum absolute atomic E-state index is 9.87.